The molecule has 30 heavy (non-hydrogen) atoms. The second kappa shape index (κ2) is 6.79. The highest BCUT2D eigenvalue weighted by Gasteiger charge is 2.61. The van der Waals surface area contributed by atoms with Crippen molar-refractivity contribution in [3.8, 4) is 0 Å². The summed E-state index contributed by atoms with van der Waals surface area (Å²) in [5, 5.41) is 14.8. The molecule has 4 nitrogen and oxygen atoms in total. The summed E-state index contributed by atoms with van der Waals surface area (Å²) >= 11 is 0. The van der Waals surface area contributed by atoms with E-state index < -0.39 is 0 Å². The average molecular weight is 411 g/mol. The van der Waals surface area contributed by atoms with Gasteiger partial charge in [0.05, 0.1) is 11.8 Å². The molecule has 0 aromatic carbocycles. The first-order valence-corrected chi connectivity index (χ1v) is 12.1. The van der Waals surface area contributed by atoms with Gasteiger partial charge in [-0.05, 0) is 106 Å². The zero-order valence-corrected chi connectivity index (χ0v) is 19.4. The number of Topliss-reactive ketones (excluding diaryl/α,β-unsaturated/α-hetero) is 1. The second-order valence-electron chi connectivity index (χ2n) is 11.5. The Morgan fingerprint density at radius 1 is 1.10 bits per heavy atom. The van der Waals surface area contributed by atoms with Crippen molar-refractivity contribution in [1.29, 1.82) is 0 Å². The lowest BCUT2D eigenvalue weighted by atomic mass is 9.45. The Balaban J connectivity index is 1.47. The maximum atomic E-state index is 13.6. The maximum Gasteiger partial charge on any atom is 0.165 e. The number of ketones is 1. The number of aromatic nitrogens is 2. The van der Waals surface area contributed by atoms with Crippen LogP contribution in [0.15, 0.2) is 5.57 Å². The molecule has 0 bridgehead atoms. The molecule has 1 heterocycles. The SMILES string of the molecule is Cc1nn(C)c(C)c1/C=C1/C[C@H]2[C@@H]3CC[C@H]4C[C@H](O)CC[C@]4(C)[C@H]3CC[C@]2(C)C1=O. The molecule has 4 saturated carbocycles. The first-order chi connectivity index (χ1) is 14.1. The van der Waals surface area contributed by atoms with E-state index in [0.29, 0.717) is 29.0 Å². The van der Waals surface area contributed by atoms with Gasteiger partial charge >= 0.3 is 0 Å². The molecule has 5 rings (SSSR count). The number of nitrogens with zero attached hydrogens (tertiary/aromatic N) is 2. The molecular formula is C26H38N2O2. The number of rotatable bonds is 1. The molecule has 0 spiro atoms. The van der Waals surface area contributed by atoms with Crippen LogP contribution in [-0.4, -0.2) is 26.8 Å². The lowest BCUT2D eigenvalue weighted by Crippen LogP contribution is -2.54. The first-order valence-electron chi connectivity index (χ1n) is 12.1. The van der Waals surface area contributed by atoms with Gasteiger partial charge < -0.3 is 5.11 Å². The summed E-state index contributed by atoms with van der Waals surface area (Å²) in [5.41, 5.74) is 4.50. The van der Waals surface area contributed by atoms with E-state index in [9.17, 15) is 9.90 Å². The van der Waals surface area contributed by atoms with E-state index in [2.05, 4.69) is 31.9 Å². The zero-order valence-electron chi connectivity index (χ0n) is 19.4. The number of hydrogen-bond donors (Lipinski definition) is 1. The van der Waals surface area contributed by atoms with Gasteiger partial charge in [0.2, 0.25) is 0 Å². The third kappa shape index (κ3) is 2.75. The molecule has 1 aromatic heterocycles. The molecule has 4 aliphatic rings. The van der Waals surface area contributed by atoms with Crippen molar-refractivity contribution in [2.45, 2.75) is 85.2 Å². The van der Waals surface area contributed by atoms with E-state index in [1.807, 2.05) is 18.7 Å². The van der Waals surface area contributed by atoms with Gasteiger partial charge in [-0.2, -0.15) is 5.10 Å². The summed E-state index contributed by atoms with van der Waals surface area (Å²) in [7, 11) is 1.98. The third-order valence-corrected chi connectivity index (χ3v) is 10.2. The molecule has 0 aliphatic heterocycles. The highest BCUT2D eigenvalue weighted by atomic mass is 16.3. The summed E-state index contributed by atoms with van der Waals surface area (Å²) < 4.78 is 1.92. The van der Waals surface area contributed by atoms with Crippen molar-refractivity contribution in [2.75, 3.05) is 0 Å². The van der Waals surface area contributed by atoms with Crippen molar-refractivity contribution in [3.05, 3.63) is 22.5 Å². The summed E-state index contributed by atoms with van der Waals surface area (Å²) in [6.45, 7) is 8.91. The van der Waals surface area contributed by atoms with Crippen LogP contribution in [0.3, 0.4) is 0 Å². The average Bonchev–Trinajstić information content (AvgIpc) is 3.10. The lowest BCUT2D eigenvalue weighted by molar-refractivity contribution is -0.141. The number of aryl methyl sites for hydroxylation is 2. The van der Waals surface area contributed by atoms with Gasteiger partial charge in [0, 0.05) is 23.7 Å². The largest absolute Gasteiger partial charge is 0.393 e. The number of carbonyl (C=O) groups is 1. The smallest absolute Gasteiger partial charge is 0.165 e. The Morgan fingerprint density at radius 3 is 2.57 bits per heavy atom. The number of aliphatic hydroxyl groups excluding tert-OH is 1. The number of hydrogen-bond acceptors (Lipinski definition) is 3. The first kappa shape index (κ1) is 20.5. The zero-order chi connectivity index (χ0) is 21.4. The number of allylic oxidation sites excluding steroid dienone is 1. The third-order valence-electron chi connectivity index (χ3n) is 10.2. The molecule has 0 unspecified atom stereocenters. The van der Waals surface area contributed by atoms with E-state index in [-0.39, 0.29) is 11.5 Å². The minimum Gasteiger partial charge on any atom is -0.393 e. The van der Waals surface area contributed by atoms with E-state index in [1.165, 1.54) is 19.3 Å². The van der Waals surface area contributed by atoms with Gasteiger partial charge in [-0.1, -0.05) is 13.8 Å². The normalized spacial score (nSPS) is 44.7. The molecule has 0 saturated heterocycles. The lowest BCUT2D eigenvalue weighted by Gasteiger charge is -2.59. The van der Waals surface area contributed by atoms with Crippen LogP contribution in [0.4, 0.5) is 0 Å². The Morgan fingerprint density at radius 2 is 1.87 bits per heavy atom. The van der Waals surface area contributed by atoms with Crippen LogP contribution in [0.25, 0.3) is 6.08 Å². The predicted molar refractivity (Wildman–Crippen MR) is 119 cm³/mol. The minimum atomic E-state index is -0.186. The fraction of sp³-hybridized carbons (Fsp3) is 0.769. The van der Waals surface area contributed by atoms with Crippen molar-refractivity contribution in [3.63, 3.8) is 0 Å². The van der Waals surface area contributed by atoms with Crippen LogP contribution in [0, 0.1) is 48.3 Å². The quantitative estimate of drug-likeness (QED) is 0.663. The van der Waals surface area contributed by atoms with Crippen molar-refractivity contribution >= 4 is 11.9 Å². The molecule has 7 atom stereocenters. The van der Waals surface area contributed by atoms with Crippen LogP contribution in [-0.2, 0) is 11.8 Å². The van der Waals surface area contributed by atoms with Gasteiger partial charge in [-0.15, -0.1) is 0 Å². The van der Waals surface area contributed by atoms with E-state index in [1.54, 1.807) is 0 Å². The van der Waals surface area contributed by atoms with Crippen LogP contribution in [0.5, 0.6) is 0 Å². The number of aliphatic hydroxyl groups is 1. The maximum absolute atomic E-state index is 13.6. The standard InChI is InChI=1S/C26H38N2O2/c1-15-21(16(2)28(5)27-15)12-17-13-23-20-7-6-18-14-19(29)8-10-25(18,3)22(20)9-11-26(23,4)24(17)30/h12,18-20,22-23,29H,6-11,13-14H2,1-5H3/b17-12-/t18-,19+,20+,22-,23-,25-,26-/m0/s1. The van der Waals surface area contributed by atoms with E-state index in [0.717, 1.165) is 60.5 Å². The van der Waals surface area contributed by atoms with Crippen LogP contribution >= 0.6 is 0 Å². The Labute approximate surface area is 181 Å². The fourth-order valence-corrected chi connectivity index (χ4v) is 8.21. The monoisotopic (exact) mass is 410 g/mol. The Kier molecular flexibility index (Phi) is 4.63. The number of carbonyl (C=O) groups excluding carboxylic acids is 1. The topological polar surface area (TPSA) is 55.1 Å². The molecule has 4 heteroatoms. The number of fused-ring (bicyclic) bond motifs is 5. The minimum absolute atomic E-state index is 0.0953. The van der Waals surface area contributed by atoms with Gasteiger partial charge in [0.25, 0.3) is 0 Å². The van der Waals surface area contributed by atoms with E-state index >= 15 is 0 Å². The molecule has 4 aliphatic carbocycles. The molecule has 4 fully saturated rings. The van der Waals surface area contributed by atoms with Gasteiger partial charge in [-0.25, -0.2) is 0 Å². The van der Waals surface area contributed by atoms with Gasteiger partial charge in [0.1, 0.15) is 0 Å². The summed E-state index contributed by atoms with van der Waals surface area (Å²) in [6.07, 6.45) is 10.8. The fourth-order valence-electron chi connectivity index (χ4n) is 8.21. The van der Waals surface area contributed by atoms with Crippen LogP contribution < -0.4 is 0 Å². The molecule has 1 N–H and O–H groups in total. The molecular weight excluding hydrogens is 372 g/mol. The van der Waals surface area contributed by atoms with Gasteiger partial charge in [0.15, 0.2) is 5.78 Å². The highest BCUT2D eigenvalue weighted by Crippen LogP contribution is 2.66. The molecule has 164 valence electrons. The van der Waals surface area contributed by atoms with Gasteiger partial charge in [-0.3, -0.25) is 9.48 Å². The van der Waals surface area contributed by atoms with Crippen molar-refractivity contribution < 1.29 is 9.90 Å². The predicted octanol–water partition coefficient (Wildman–Crippen LogP) is 5.00. The molecule has 0 radical (unpaired) electrons. The highest BCUT2D eigenvalue weighted by molar-refractivity contribution is 6.06. The van der Waals surface area contributed by atoms with Crippen molar-refractivity contribution in [1.82, 2.24) is 9.78 Å². The summed E-state index contributed by atoms with van der Waals surface area (Å²) in [6, 6.07) is 0. The van der Waals surface area contributed by atoms with E-state index in [4.69, 9.17) is 0 Å². The van der Waals surface area contributed by atoms with Crippen LogP contribution in [0.2, 0.25) is 0 Å². The molecule has 0 amide bonds. The Hall–Kier alpha value is -1.42. The summed E-state index contributed by atoms with van der Waals surface area (Å²) in [4.78, 5) is 13.6. The Bertz CT molecular complexity index is 914. The second-order valence-corrected chi connectivity index (χ2v) is 11.5. The van der Waals surface area contributed by atoms with Crippen molar-refractivity contribution in [2.24, 2.45) is 41.5 Å². The molecule has 1 aromatic rings. The van der Waals surface area contributed by atoms with Crippen LogP contribution in [0.1, 0.15) is 82.2 Å². The summed E-state index contributed by atoms with van der Waals surface area (Å²) in [5.74, 6) is 2.93.